The van der Waals surface area contributed by atoms with Gasteiger partial charge in [0.25, 0.3) is 10.0 Å². The van der Waals surface area contributed by atoms with Gasteiger partial charge < -0.3 is 5.32 Å². The predicted molar refractivity (Wildman–Crippen MR) is 81.2 cm³/mol. The molecule has 0 aromatic carbocycles. The van der Waals surface area contributed by atoms with E-state index < -0.39 is 10.0 Å². The summed E-state index contributed by atoms with van der Waals surface area (Å²) in [6.07, 6.45) is 6.25. The fourth-order valence-electron chi connectivity index (χ4n) is 2.67. The van der Waals surface area contributed by atoms with Gasteiger partial charge in [0, 0.05) is 18.8 Å². The third kappa shape index (κ3) is 3.81. The van der Waals surface area contributed by atoms with Crippen LogP contribution < -0.4 is 10.0 Å². The van der Waals surface area contributed by atoms with E-state index in [0.29, 0.717) is 18.4 Å². The van der Waals surface area contributed by atoms with E-state index in [-0.39, 0.29) is 11.1 Å². The van der Waals surface area contributed by atoms with E-state index >= 15 is 0 Å². The van der Waals surface area contributed by atoms with E-state index in [4.69, 9.17) is 0 Å². The molecular formula is C15H23N3O2S. The molecule has 0 atom stereocenters. The highest BCUT2D eigenvalue weighted by atomic mass is 32.2. The molecule has 2 N–H and O–H groups in total. The topological polar surface area (TPSA) is 71.1 Å². The molecule has 5 nitrogen and oxygen atoms in total. The molecule has 116 valence electrons. The maximum Gasteiger partial charge on any atom is 0.258 e. The molecule has 0 bridgehead atoms. The number of pyridine rings is 1. The van der Waals surface area contributed by atoms with Gasteiger partial charge in [-0.25, -0.2) is 18.1 Å². The van der Waals surface area contributed by atoms with Crippen LogP contribution in [0, 0.1) is 11.8 Å². The van der Waals surface area contributed by atoms with Crippen LogP contribution in [-0.4, -0.2) is 26.0 Å². The Morgan fingerprint density at radius 3 is 2.38 bits per heavy atom. The Bertz CT molecular complexity index is 565. The van der Waals surface area contributed by atoms with Gasteiger partial charge in [0.1, 0.15) is 0 Å². The lowest BCUT2D eigenvalue weighted by atomic mass is 10.1. The van der Waals surface area contributed by atoms with E-state index in [1.807, 2.05) is 13.0 Å². The molecular weight excluding hydrogens is 286 g/mol. The number of aromatic nitrogens is 1. The van der Waals surface area contributed by atoms with Crippen molar-refractivity contribution in [2.75, 3.05) is 6.54 Å². The van der Waals surface area contributed by atoms with E-state index in [1.165, 1.54) is 0 Å². The molecule has 0 saturated heterocycles. The van der Waals surface area contributed by atoms with Gasteiger partial charge in [-0.1, -0.05) is 13.0 Å². The smallest absolute Gasteiger partial charge is 0.258 e. The Labute approximate surface area is 126 Å². The average molecular weight is 309 g/mol. The first-order valence-corrected chi connectivity index (χ1v) is 9.26. The minimum absolute atomic E-state index is 0.123. The highest BCUT2D eigenvalue weighted by molar-refractivity contribution is 7.89. The van der Waals surface area contributed by atoms with Crippen molar-refractivity contribution in [3.05, 3.63) is 23.9 Å². The summed E-state index contributed by atoms with van der Waals surface area (Å²) in [6.45, 7) is 3.63. The fraction of sp³-hybridized carbons (Fsp3) is 0.667. The summed E-state index contributed by atoms with van der Waals surface area (Å²) in [5, 5.41) is 3.33. The third-order valence-corrected chi connectivity index (χ3v) is 5.58. The minimum Gasteiger partial charge on any atom is -0.313 e. The van der Waals surface area contributed by atoms with Gasteiger partial charge in [-0.2, -0.15) is 0 Å². The SMILES string of the molecule is CCNCc1ccc(S(=O)(=O)NC(C2CC2)C2CC2)nc1. The molecule has 21 heavy (non-hydrogen) atoms. The molecule has 2 fully saturated rings. The molecule has 2 aliphatic carbocycles. The Morgan fingerprint density at radius 1 is 1.24 bits per heavy atom. The first-order valence-electron chi connectivity index (χ1n) is 7.78. The van der Waals surface area contributed by atoms with Gasteiger partial charge in [0.05, 0.1) is 0 Å². The molecule has 2 saturated carbocycles. The van der Waals surface area contributed by atoms with Crippen molar-refractivity contribution in [3.63, 3.8) is 0 Å². The van der Waals surface area contributed by atoms with Crippen LogP contribution in [-0.2, 0) is 16.6 Å². The summed E-state index contributed by atoms with van der Waals surface area (Å²) in [7, 11) is -3.49. The van der Waals surface area contributed by atoms with Crippen LogP contribution in [0.25, 0.3) is 0 Å². The molecule has 6 heteroatoms. The van der Waals surface area contributed by atoms with Crippen molar-refractivity contribution >= 4 is 10.0 Å². The first kappa shape index (κ1) is 14.9. The Kier molecular flexibility index (Phi) is 4.28. The second-order valence-electron chi connectivity index (χ2n) is 6.11. The van der Waals surface area contributed by atoms with Gasteiger partial charge in [-0.15, -0.1) is 0 Å². The fourth-order valence-corrected chi connectivity index (χ4v) is 3.97. The van der Waals surface area contributed by atoms with E-state index in [0.717, 1.165) is 37.8 Å². The lowest BCUT2D eigenvalue weighted by molar-refractivity contribution is 0.470. The summed E-state index contributed by atoms with van der Waals surface area (Å²) in [5.41, 5.74) is 0.997. The number of rotatable bonds is 8. The molecule has 2 aliphatic rings. The number of nitrogens with zero attached hydrogens (tertiary/aromatic N) is 1. The molecule has 0 radical (unpaired) electrons. The predicted octanol–water partition coefficient (Wildman–Crippen LogP) is 1.66. The second-order valence-corrected chi connectivity index (χ2v) is 7.77. The standard InChI is InChI=1S/C15H23N3O2S/c1-2-16-9-11-3-8-14(17-10-11)21(19,20)18-15(12-4-5-12)13-6-7-13/h3,8,10,12-13,15-16,18H,2,4-7,9H2,1H3. The highest BCUT2D eigenvalue weighted by Gasteiger charge is 2.43. The van der Waals surface area contributed by atoms with Crippen molar-refractivity contribution in [1.82, 2.24) is 15.0 Å². The summed E-state index contributed by atoms with van der Waals surface area (Å²) >= 11 is 0. The first-order chi connectivity index (χ1) is 10.1. The van der Waals surface area contributed by atoms with Crippen LogP contribution >= 0.6 is 0 Å². The lowest BCUT2D eigenvalue weighted by Crippen LogP contribution is -2.38. The van der Waals surface area contributed by atoms with Crippen LogP contribution in [0.1, 0.15) is 38.2 Å². The van der Waals surface area contributed by atoms with E-state index in [1.54, 1.807) is 12.3 Å². The summed E-state index contributed by atoms with van der Waals surface area (Å²) in [4.78, 5) is 4.13. The quantitative estimate of drug-likeness (QED) is 0.766. The summed E-state index contributed by atoms with van der Waals surface area (Å²) < 4.78 is 27.8. The van der Waals surface area contributed by atoms with Crippen molar-refractivity contribution in [1.29, 1.82) is 0 Å². The van der Waals surface area contributed by atoms with Crippen LogP contribution in [0.2, 0.25) is 0 Å². The van der Waals surface area contributed by atoms with Crippen LogP contribution in [0.3, 0.4) is 0 Å². The molecule has 0 spiro atoms. The van der Waals surface area contributed by atoms with Crippen molar-refractivity contribution in [3.8, 4) is 0 Å². The number of hydrogen-bond donors (Lipinski definition) is 2. The molecule has 1 aromatic heterocycles. The highest BCUT2D eigenvalue weighted by Crippen LogP contribution is 2.44. The van der Waals surface area contributed by atoms with Crippen LogP contribution in [0.5, 0.6) is 0 Å². The van der Waals surface area contributed by atoms with Crippen molar-refractivity contribution < 1.29 is 8.42 Å². The summed E-state index contributed by atoms with van der Waals surface area (Å²) in [5.74, 6) is 1.08. The van der Waals surface area contributed by atoms with Gasteiger partial charge >= 0.3 is 0 Å². The summed E-state index contributed by atoms with van der Waals surface area (Å²) in [6, 6.07) is 3.55. The lowest BCUT2D eigenvalue weighted by Gasteiger charge is -2.17. The normalized spacial score (nSPS) is 19.1. The minimum atomic E-state index is -3.49. The molecule has 0 aliphatic heterocycles. The zero-order chi connectivity index (χ0) is 14.9. The van der Waals surface area contributed by atoms with Gasteiger partial charge in [0.15, 0.2) is 5.03 Å². The molecule has 0 unspecified atom stereocenters. The van der Waals surface area contributed by atoms with Gasteiger partial charge in [-0.05, 0) is 55.7 Å². The Morgan fingerprint density at radius 2 is 1.90 bits per heavy atom. The Hall–Kier alpha value is -0.980. The molecule has 1 aromatic rings. The van der Waals surface area contributed by atoms with Crippen molar-refractivity contribution in [2.24, 2.45) is 11.8 Å². The average Bonchev–Trinajstić information content (AvgIpc) is 3.36. The zero-order valence-corrected chi connectivity index (χ0v) is 13.2. The van der Waals surface area contributed by atoms with Crippen LogP contribution in [0.15, 0.2) is 23.4 Å². The molecule has 3 rings (SSSR count). The molecule has 0 amide bonds. The number of sulfonamides is 1. The van der Waals surface area contributed by atoms with Gasteiger partial charge in [0.2, 0.25) is 0 Å². The number of hydrogen-bond acceptors (Lipinski definition) is 4. The maximum absolute atomic E-state index is 12.4. The maximum atomic E-state index is 12.4. The zero-order valence-electron chi connectivity index (χ0n) is 12.4. The van der Waals surface area contributed by atoms with Crippen LogP contribution in [0.4, 0.5) is 0 Å². The number of nitrogens with one attached hydrogen (secondary N) is 2. The Balaban J connectivity index is 1.68. The largest absolute Gasteiger partial charge is 0.313 e. The van der Waals surface area contributed by atoms with E-state index in [2.05, 4.69) is 15.0 Å². The van der Waals surface area contributed by atoms with E-state index in [9.17, 15) is 8.42 Å². The van der Waals surface area contributed by atoms with Gasteiger partial charge in [-0.3, -0.25) is 0 Å². The molecule has 1 heterocycles. The van der Waals surface area contributed by atoms with Crippen molar-refractivity contribution in [2.45, 2.75) is 50.2 Å². The second kappa shape index (κ2) is 6.02. The monoisotopic (exact) mass is 309 g/mol. The third-order valence-electron chi connectivity index (χ3n) is 4.20.